The van der Waals surface area contributed by atoms with Gasteiger partial charge in [0, 0.05) is 10.6 Å². The van der Waals surface area contributed by atoms with Crippen LogP contribution in [0.25, 0.3) is 0 Å². The first-order valence-corrected chi connectivity index (χ1v) is 8.65. The van der Waals surface area contributed by atoms with Crippen LogP contribution in [-0.2, 0) is 4.79 Å². The number of halogens is 1. The molecule has 0 atom stereocenters. The third-order valence-corrected chi connectivity index (χ3v) is 4.24. The van der Waals surface area contributed by atoms with Crippen molar-refractivity contribution in [2.75, 3.05) is 11.1 Å². The first kappa shape index (κ1) is 18.2. The minimum Gasteiger partial charge on any atom is -0.331 e. The molecule has 2 aromatic rings. The number of carbonyl (C=O) groups excluding carboxylic acids is 1. The molecule has 2 aromatic carbocycles. The second-order valence-electron chi connectivity index (χ2n) is 5.22. The topological polar surface area (TPSA) is 53.2 Å². The monoisotopic (exact) mass is 363 g/mol. The maximum Gasteiger partial charge on any atom is 0.248 e. The van der Waals surface area contributed by atoms with Crippen LogP contribution in [-0.4, -0.2) is 16.8 Å². The Kier molecular flexibility index (Phi) is 6.57. The van der Waals surface area contributed by atoms with Crippen LogP contribution in [0.1, 0.15) is 11.1 Å². The Hall–Kier alpha value is -2.12. The van der Waals surface area contributed by atoms with Gasteiger partial charge in [0.1, 0.15) is 5.82 Å². The SMILES string of the molecule is Cc1cc(C)cc(NC(=S)NNC(=O)CSc2ccccc2F)c1. The zero-order valence-electron chi connectivity index (χ0n) is 13.4. The van der Waals surface area contributed by atoms with E-state index in [9.17, 15) is 9.18 Å². The van der Waals surface area contributed by atoms with Crippen molar-refractivity contribution in [3.63, 3.8) is 0 Å². The quantitative estimate of drug-likeness (QED) is 0.441. The maximum atomic E-state index is 13.5. The van der Waals surface area contributed by atoms with Crippen LogP contribution < -0.4 is 16.2 Å². The fraction of sp³-hybridized carbons (Fsp3) is 0.176. The van der Waals surface area contributed by atoms with Crippen LogP contribution in [0.3, 0.4) is 0 Å². The molecule has 24 heavy (non-hydrogen) atoms. The van der Waals surface area contributed by atoms with Crippen molar-refractivity contribution in [1.29, 1.82) is 0 Å². The average Bonchev–Trinajstić information content (AvgIpc) is 2.51. The van der Waals surface area contributed by atoms with Crippen molar-refractivity contribution in [2.24, 2.45) is 0 Å². The van der Waals surface area contributed by atoms with Gasteiger partial charge in [0.2, 0.25) is 5.91 Å². The number of nitrogens with one attached hydrogen (secondary N) is 3. The molecule has 0 unspecified atom stereocenters. The van der Waals surface area contributed by atoms with E-state index in [1.54, 1.807) is 18.2 Å². The van der Waals surface area contributed by atoms with Gasteiger partial charge in [-0.05, 0) is 61.5 Å². The van der Waals surface area contributed by atoms with Gasteiger partial charge in [-0.3, -0.25) is 15.6 Å². The molecule has 0 radical (unpaired) electrons. The zero-order valence-corrected chi connectivity index (χ0v) is 15.0. The first-order chi connectivity index (χ1) is 11.4. The molecule has 0 heterocycles. The van der Waals surface area contributed by atoms with Crippen molar-refractivity contribution < 1.29 is 9.18 Å². The lowest BCUT2D eigenvalue weighted by Crippen LogP contribution is -2.44. The van der Waals surface area contributed by atoms with E-state index in [-0.39, 0.29) is 22.6 Å². The van der Waals surface area contributed by atoms with E-state index in [0.717, 1.165) is 28.6 Å². The summed E-state index contributed by atoms with van der Waals surface area (Å²) in [6.07, 6.45) is 0. The summed E-state index contributed by atoms with van der Waals surface area (Å²) in [7, 11) is 0. The molecule has 0 saturated heterocycles. The Morgan fingerprint density at radius 3 is 2.46 bits per heavy atom. The lowest BCUT2D eigenvalue weighted by molar-refractivity contribution is -0.119. The van der Waals surface area contributed by atoms with Gasteiger partial charge in [0.25, 0.3) is 0 Å². The molecule has 0 aliphatic heterocycles. The number of amides is 1. The van der Waals surface area contributed by atoms with Gasteiger partial charge in [-0.2, -0.15) is 0 Å². The second kappa shape index (κ2) is 8.65. The van der Waals surface area contributed by atoms with Crippen molar-refractivity contribution >= 4 is 40.7 Å². The largest absolute Gasteiger partial charge is 0.331 e. The number of carbonyl (C=O) groups is 1. The Bertz CT molecular complexity index is 732. The van der Waals surface area contributed by atoms with E-state index in [0.29, 0.717) is 4.90 Å². The maximum absolute atomic E-state index is 13.5. The summed E-state index contributed by atoms with van der Waals surface area (Å²) >= 11 is 6.26. The van der Waals surface area contributed by atoms with E-state index >= 15 is 0 Å². The third-order valence-electron chi connectivity index (χ3n) is 2.99. The van der Waals surface area contributed by atoms with Crippen LogP contribution in [0, 0.1) is 19.7 Å². The molecule has 0 fully saturated rings. The van der Waals surface area contributed by atoms with E-state index in [4.69, 9.17) is 12.2 Å². The Labute approximate surface area is 150 Å². The highest BCUT2D eigenvalue weighted by Crippen LogP contribution is 2.20. The van der Waals surface area contributed by atoms with Crippen LogP contribution in [0.15, 0.2) is 47.4 Å². The summed E-state index contributed by atoms with van der Waals surface area (Å²) in [4.78, 5) is 12.2. The highest BCUT2D eigenvalue weighted by Gasteiger charge is 2.07. The number of benzene rings is 2. The lowest BCUT2D eigenvalue weighted by Gasteiger charge is -2.12. The van der Waals surface area contributed by atoms with E-state index in [2.05, 4.69) is 22.2 Å². The summed E-state index contributed by atoms with van der Waals surface area (Å²) < 4.78 is 13.5. The molecule has 7 heteroatoms. The highest BCUT2D eigenvalue weighted by molar-refractivity contribution is 8.00. The van der Waals surface area contributed by atoms with E-state index < -0.39 is 0 Å². The molecule has 0 spiro atoms. The van der Waals surface area contributed by atoms with Gasteiger partial charge in [-0.15, -0.1) is 11.8 Å². The van der Waals surface area contributed by atoms with Gasteiger partial charge in [-0.25, -0.2) is 4.39 Å². The van der Waals surface area contributed by atoms with Crippen LogP contribution >= 0.6 is 24.0 Å². The standard InChI is InChI=1S/C17H18FN3OS2/c1-11-7-12(2)9-13(8-11)19-17(23)21-20-16(22)10-24-15-6-4-3-5-14(15)18/h3-9H,10H2,1-2H3,(H,20,22)(H2,19,21,23). The van der Waals surface area contributed by atoms with Gasteiger partial charge in [-0.1, -0.05) is 18.2 Å². The van der Waals surface area contributed by atoms with Crippen molar-refractivity contribution in [3.8, 4) is 0 Å². The van der Waals surface area contributed by atoms with E-state index in [1.165, 1.54) is 6.07 Å². The van der Waals surface area contributed by atoms with E-state index in [1.807, 2.05) is 26.0 Å². The number of hydrazine groups is 1. The van der Waals surface area contributed by atoms with Crippen LogP contribution in [0.2, 0.25) is 0 Å². The Morgan fingerprint density at radius 1 is 1.12 bits per heavy atom. The second-order valence-corrected chi connectivity index (χ2v) is 6.65. The zero-order chi connectivity index (χ0) is 17.5. The normalized spacial score (nSPS) is 10.1. The average molecular weight is 363 g/mol. The minimum atomic E-state index is -0.338. The predicted molar refractivity (Wildman–Crippen MR) is 101 cm³/mol. The molecule has 4 nitrogen and oxygen atoms in total. The Balaban J connectivity index is 1.77. The predicted octanol–water partition coefficient (Wildman–Crippen LogP) is 3.55. The third kappa shape index (κ3) is 5.82. The number of aryl methyl sites for hydroxylation is 2. The number of thioether (sulfide) groups is 1. The summed E-state index contributed by atoms with van der Waals surface area (Å²) in [5.74, 6) is -0.553. The van der Waals surface area contributed by atoms with Crippen LogP contribution in [0.4, 0.5) is 10.1 Å². The van der Waals surface area contributed by atoms with Gasteiger partial charge < -0.3 is 5.32 Å². The van der Waals surface area contributed by atoms with Gasteiger partial charge in [0.15, 0.2) is 5.11 Å². The molecule has 1 amide bonds. The number of thiocarbonyl (C=S) groups is 1. The smallest absolute Gasteiger partial charge is 0.248 e. The summed E-state index contributed by atoms with van der Waals surface area (Å²) in [5, 5.41) is 3.28. The fourth-order valence-corrected chi connectivity index (χ4v) is 2.99. The molecule has 2 rings (SSSR count). The van der Waals surface area contributed by atoms with Crippen molar-refractivity contribution in [3.05, 3.63) is 59.4 Å². The molecule has 3 N–H and O–H groups in total. The number of hydrogen-bond acceptors (Lipinski definition) is 3. The highest BCUT2D eigenvalue weighted by atomic mass is 32.2. The molecular formula is C17H18FN3OS2. The fourth-order valence-electron chi connectivity index (χ4n) is 2.08. The first-order valence-electron chi connectivity index (χ1n) is 7.25. The lowest BCUT2D eigenvalue weighted by atomic mass is 10.1. The summed E-state index contributed by atoms with van der Waals surface area (Å²) in [5.41, 5.74) is 8.20. The molecule has 0 saturated carbocycles. The van der Waals surface area contributed by atoms with Gasteiger partial charge in [0.05, 0.1) is 5.75 Å². The molecule has 0 aliphatic carbocycles. The molecule has 0 bridgehead atoms. The summed E-state index contributed by atoms with van der Waals surface area (Å²) in [6.45, 7) is 3.99. The Morgan fingerprint density at radius 2 is 1.79 bits per heavy atom. The van der Waals surface area contributed by atoms with Crippen LogP contribution in [0.5, 0.6) is 0 Å². The molecule has 0 aromatic heterocycles. The minimum absolute atomic E-state index is 0.0834. The number of hydrogen-bond donors (Lipinski definition) is 3. The van der Waals surface area contributed by atoms with Gasteiger partial charge >= 0.3 is 0 Å². The number of anilines is 1. The number of rotatable bonds is 4. The molecule has 126 valence electrons. The van der Waals surface area contributed by atoms with Crippen molar-refractivity contribution in [2.45, 2.75) is 18.7 Å². The molecular weight excluding hydrogens is 345 g/mol. The molecule has 0 aliphatic rings. The summed E-state index contributed by atoms with van der Waals surface area (Å²) in [6, 6.07) is 12.3. The van der Waals surface area contributed by atoms with Crippen molar-refractivity contribution in [1.82, 2.24) is 10.9 Å².